The third-order valence-corrected chi connectivity index (χ3v) is 3.09. The maximum absolute atomic E-state index is 10.5. The van der Waals surface area contributed by atoms with Crippen molar-refractivity contribution in [3.05, 3.63) is 20.2 Å². The number of carbonyl (C=O) groups is 1. The maximum atomic E-state index is 10.5. The van der Waals surface area contributed by atoms with Gasteiger partial charge in [-0.05, 0) is 0 Å². The van der Waals surface area contributed by atoms with Crippen molar-refractivity contribution >= 4 is 58.1 Å². The lowest BCUT2D eigenvalue weighted by atomic mass is 10.4. The second-order valence-electron chi connectivity index (χ2n) is 2.51. The number of hydrogen-bond donors (Lipinski definition) is 2. The van der Waals surface area contributed by atoms with Gasteiger partial charge >= 0.3 is 0 Å². The molecule has 1 amide bonds. The Labute approximate surface area is 106 Å². The molecule has 82 valence electrons. The Morgan fingerprint density at radius 1 is 1.20 bits per heavy atom. The monoisotopic (exact) mass is 287 g/mol. The molecule has 15 heavy (non-hydrogen) atoms. The summed E-state index contributed by atoms with van der Waals surface area (Å²) in [6.45, 7) is -0.124. The zero-order chi connectivity index (χ0) is 11.6. The van der Waals surface area contributed by atoms with Gasteiger partial charge < -0.3 is 11.1 Å². The van der Waals surface area contributed by atoms with Crippen molar-refractivity contribution in [3.8, 4) is 0 Å². The lowest BCUT2D eigenvalue weighted by Crippen LogP contribution is -2.22. The van der Waals surface area contributed by atoms with Crippen LogP contribution in [0.3, 0.4) is 0 Å². The Balaban J connectivity index is 3.04. The van der Waals surface area contributed by atoms with Crippen LogP contribution in [0.4, 0.5) is 5.82 Å². The largest absolute Gasteiger partial charge is 0.368 e. The number of anilines is 1. The Morgan fingerprint density at radius 2 is 1.80 bits per heavy atom. The molecule has 1 aromatic rings. The molecule has 1 heterocycles. The molecule has 1 rings (SSSR count). The van der Waals surface area contributed by atoms with Crippen LogP contribution >= 0.6 is 46.4 Å². The molecule has 0 saturated heterocycles. The lowest BCUT2D eigenvalue weighted by molar-refractivity contribution is -0.116. The number of nitrogens with two attached hydrogens (primary N) is 1. The molecule has 0 aliphatic carbocycles. The minimum absolute atomic E-state index is 0.00182. The number of halogens is 4. The van der Waals surface area contributed by atoms with Crippen molar-refractivity contribution in [2.45, 2.75) is 0 Å². The van der Waals surface area contributed by atoms with Crippen LogP contribution in [0.1, 0.15) is 0 Å². The van der Waals surface area contributed by atoms with Crippen LogP contribution in [0.2, 0.25) is 20.2 Å². The van der Waals surface area contributed by atoms with E-state index >= 15 is 0 Å². The van der Waals surface area contributed by atoms with Crippen LogP contribution < -0.4 is 11.1 Å². The highest BCUT2D eigenvalue weighted by molar-refractivity contribution is 6.52. The van der Waals surface area contributed by atoms with Crippen molar-refractivity contribution in [3.63, 3.8) is 0 Å². The minimum atomic E-state index is -0.560. The molecule has 0 aliphatic rings. The van der Waals surface area contributed by atoms with Crippen molar-refractivity contribution in [1.29, 1.82) is 0 Å². The molecule has 1 aromatic heterocycles. The van der Waals surface area contributed by atoms with Gasteiger partial charge in [0.25, 0.3) is 0 Å². The van der Waals surface area contributed by atoms with Crippen LogP contribution in [0.5, 0.6) is 0 Å². The molecule has 0 atom stereocenters. The van der Waals surface area contributed by atoms with Crippen LogP contribution in [-0.2, 0) is 4.79 Å². The first-order valence-corrected chi connectivity index (χ1v) is 5.16. The van der Waals surface area contributed by atoms with Gasteiger partial charge in [-0.1, -0.05) is 46.4 Å². The van der Waals surface area contributed by atoms with E-state index in [9.17, 15) is 4.79 Å². The van der Waals surface area contributed by atoms with E-state index in [2.05, 4.69) is 10.3 Å². The van der Waals surface area contributed by atoms with Crippen LogP contribution in [0.25, 0.3) is 0 Å². The number of carbonyl (C=O) groups excluding carboxylic acids is 1. The van der Waals surface area contributed by atoms with Gasteiger partial charge in [0.15, 0.2) is 5.15 Å². The minimum Gasteiger partial charge on any atom is -0.368 e. The van der Waals surface area contributed by atoms with Gasteiger partial charge in [0.2, 0.25) is 5.91 Å². The van der Waals surface area contributed by atoms with Crippen LogP contribution in [0.15, 0.2) is 0 Å². The smallest absolute Gasteiger partial charge is 0.236 e. The summed E-state index contributed by atoms with van der Waals surface area (Å²) in [4.78, 5) is 14.3. The summed E-state index contributed by atoms with van der Waals surface area (Å²) in [5.41, 5.74) is 4.93. The normalized spacial score (nSPS) is 10.1. The van der Waals surface area contributed by atoms with E-state index in [0.717, 1.165) is 0 Å². The summed E-state index contributed by atoms with van der Waals surface area (Å²) in [6, 6.07) is 0. The Kier molecular flexibility index (Phi) is 4.28. The first-order chi connectivity index (χ1) is 6.93. The molecular weight excluding hydrogens is 284 g/mol. The SMILES string of the molecule is NC(=O)CNc1nc(Cl)c(Cl)c(Cl)c1Cl. The summed E-state index contributed by atoms with van der Waals surface area (Å²) in [5, 5.41) is 2.80. The average Bonchev–Trinajstić information content (AvgIpc) is 2.18. The van der Waals surface area contributed by atoms with Gasteiger partial charge in [0.1, 0.15) is 10.8 Å². The first-order valence-electron chi connectivity index (χ1n) is 3.65. The van der Waals surface area contributed by atoms with Gasteiger partial charge in [0, 0.05) is 0 Å². The number of hydrogen-bond acceptors (Lipinski definition) is 3. The van der Waals surface area contributed by atoms with Crippen molar-refractivity contribution in [2.24, 2.45) is 5.73 Å². The lowest BCUT2D eigenvalue weighted by Gasteiger charge is -2.08. The summed E-state index contributed by atoms with van der Waals surface area (Å²) in [7, 11) is 0. The molecule has 3 N–H and O–H groups in total. The Morgan fingerprint density at radius 3 is 2.33 bits per heavy atom. The highest BCUT2D eigenvalue weighted by Crippen LogP contribution is 2.38. The second kappa shape index (κ2) is 5.07. The number of rotatable bonds is 3. The predicted octanol–water partition coefficient (Wildman–Crippen LogP) is 2.59. The number of amides is 1. The van der Waals surface area contributed by atoms with E-state index in [1.54, 1.807) is 0 Å². The first kappa shape index (κ1) is 12.6. The Hall–Kier alpha value is -0.420. The molecule has 0 aliphatic heterocycles. The molecule has 0 bridgehead atoms. The summed E-state index contributed by atoms with van der Waals surface area (Å²) in [5.74, 6) is -0.398. The molecule has 0 fully saturated rings. The van der Waals surface area contributed by atoms with Gasteiger partial charge in [-0.15, -0.1) is 0 Å². The van der Waals surface area contributed by atoms with E-state index in [4.69, 9.17) is 52.1 Å². The number of primary amides is 1. The molecule has 4 nitrogen and oxygen atoms in total. The van der Waals surface area contributed by atoms with Gasteiger partial charge in [-0.25, -0.2) is 4.98 Å². The summed E-state index contributed by atoms with van der Waals surface area (Å²) >= 11 is 22.9. The molecule has 0 spiro atoms. The van der Waals surface area contributed by atoms with E-state index in [1.807, 2.05) is 0 Å². The molecule has 8 heteroatoms. The number of nitrogens with zero attached hydrogens (tertiary/aromatic N) is 1. The summed E-state index contributed by atoms with van der Waals surface area (Å²) < 4.78 is 0. The van der Waals surface area contributed by atoms with Gasteiger partial charge in [0.05, 0.1) is 16.6 Å². The molecular formula is C7H5Cl4N3O. The van der Waals surface area contributed by atoms with Crippen LogP contribution in [0, 0.1) is 0 Å². The number of nitrogens with one attached hydrogen (secondary N) is 1. The molecule has 0 radical (unpaired) electrons. The molecule has 0 aromatic carbocycles. The predicted molar refractivity (Wildman–Crippen MR) is 62.0 cm³/mol. The quantitative estimate of drug-likeness (QED) is 0.840. The third kappa shape index (κ3) is 3.01. The highest BCUT2D eigenvalue weighted by atomic mass is 35.5. The van der Waals surface area contributed by atoms with Crippen molar-refractivity contribution in [1.82, 2.24) is 4.98 Å². The number of aromatic nitrogens is 1. The average molecular weight is 289 g/mol. The fourth-order valence-electron chi connectivity index (χ4n) is 0.775. The fourth-order valence-corrected chi connectivity index (χ4v) is 1.57. The standard InChI is InChI=1S/C7H5Cl4N3O/c8-3-4(9)6(11)14-7(5(3)10)13-1-2(12)15/h1H2,(H2,12,15)(H,13,14). The van der Waals surface area contributed by atoms with E-state index < -0.39 is 5.91 Å². The maximum Gasteiger partial charge on any atom is 0.236 e. The van der Waals surface area contributed by atoms with Gasteiger partial charge in [-0.2, -0.15) is 0 Å². The van der Waals surface area contributed by atoms with E-state index in [1.165, 1.54) is 0 Å². The third-order valence-electron chi connectivity index (χ3n) is 1.41. The van der Waals surface area contributed by atoms with Crippen molar-refractivity contribution < 1.29 is 4.79 Å². The Bertz CT molecular complexity index is 410. The topological polar surface area (TPSA) is 68.0 Å². The zero-order valence-electron chi connectivity index (χ0n) is 7.15. The molecule has 0 saturated carbocycles. The summed E-state index contributed by atoms with van der Waals surface area (Å²) in [6.07, 6.45) is 0. The zero-order valence-corrected chi connectivity index (χ0v) is 10.2. The van der Waals surface area contributed by atoms with Crippen molar-refractivity contribution in [2.75, 3.05) is 11.9 Å². The second-order valence-corrected chi connectivity index (χ2v) is 4.00. The fraction of sp³-hybridized carbons (Fsp3) is 0.143. The van der Waals surface area contributed by atoms with E-state index in [-0.39, 0.29) is 32.6 Å². The van der Waals surface area contributed by atoms with E-state index in [0.29, 0.717) is 0 Å². The highest BCUT2D eigenvalue weighted by Gasteiger charge is 2.14. The van der Waals surface area contributed by atoms with Gasteiger partial charge in [-0.3, -0.25) is 4.79 Å². The van der Waals surface area contributed by atoms with Crippen LogP contribution in [-0.4, -0.2) is 17.4 Å². The molecule has 0 unspecified atom stereocenters. The number of pyridine rings is 1.